The van der Waals surface area contributed by atoms with Crippen LogP contribution in [0.2, 0.25) is 0 Å². The van der Waals surface area contributed by atoms with Crippen molar-refractivity contribution in [1.82, 2.24) is 9.97 Å². The first-order valence-corrected chi connectivity index (χ1v) is 8.46. The first-order chi connectivity index (χ1) is 13.5. The van der Waals surface area contributed by atoms with Gasteiger partial charge >= 0.3 is 0 Å². The molecule has 0 fully saturated rings. The van der Waals surface area contributed by atoms with E-state index in [0.29, 0.717) is 22.9 Å². The molecule has 0 unspecified atom stereocenters. The highest BCUT2D eigenvalue weighted by Gasteiger charge is 2.11. The van der Waals surface area contributed by atoms with Gasteiger partial charge in [-0.3, -0.25) is 9.59 Å². The number of aromatic nitrogens is 2. The Morgan fingerprint density at radius 1 is 0.929 bits per heavy atom. The van der Waals surface area contributed by atoms with Crippen LogP contribution in [0.1, 0.15) is 17.4 Å². The number of carbonyl (C=O) groups excluding carboxylic acids is 2. The number of ether oxygens (including phenoxy) is 1. The number of nitrogens with zero attached hydrogens (tertiary/aromatic N) is 2. The van der Waals surface area contributed by atoms with E-state index in [1.165, 1.54) is 13.3 Å². The molecule has 28 heavy (non-hydrogen) atoms. The van der Waals surface area contributed by atoms with Gasteiger partial charge in [-0.2, -0.15) is 0 Å². The zero-order chi connectivity index (χ0) is 19.9. The van der Waals surface area contributed by atoms with Crippen LogP contribution in [0.4, 0.5) is 22.9 Å². The fraction of sp³-hybridized carbons (Fsp3) is 0.100. The third kappa shape index (κ3) is 4.82. The summed E-state index contributed by atoms with van der Waals surface area (Å²) in [5.41, 5.74) is 2.04. The van der Waals surface area contributed by atoms with Gasteiger partial charge in [-0.25, -0.2) is 9.97 Å². The summed E-state index contributed by atoms with van der Waals surface area (Å²) in [5.74, 6) is 0.523. The molecule has 2 aromatic carbocycles. The van der Waals surface area contributed by atoms with E-state index in [1.54, 1.807) is 37.4 Å². The van der Waals surface area contributed by atoms with Crippen molar-refractivity contribution in [2.45, 2.75) is 6.92 Å². The van der Waals surface area contributed by atoms with Gasteiger partial charge in [-0.05, 0) is 30.3 Å². The van der Waals surface area contributed by atoms with Gasteiger partial charge in [-0.15, -0.1) is 0 Å². The Balaban J connectivity index is 1.74. The molecule has 3 aromatic rings. The molecule has 3 rings (SSSR count). The van der Waals surface area contributed by atoms with Crippen LogP contribution >= 0.6 is 0 Å². The number of anilines is 4. The van der Waals surface area contributed by atoms with E-state index in [-0.39, 0.29) is 11.6 Å². The van der Waals surface area contributed by atoms with Gasteiger partial charge < -0.3 is 20.7 Å². The lowest BCUT2D eigenvalue weighted by atomic mass is 10.2. The van der Waals surface area contributed by atoms with Crippen molar-refractivity contribution in [2.24, 2.45) is 0 Å². The van der Waals surface area contributed by atoms with E-state index in [0.717, 1.165) is 5.69 Å². The molecule has 0 saturated carbocycles. The second kappa shape index (κ2) is 8.63. The van der Waals surface area contributed by atoms with Crippen LogP contribution in [0.5, 0.6) is 5.75 Å². The molecule has 8 nitrogen and oxygen atoms in total. The molecule has 3 N–H and O–H groups in total. The second-order valence-corrected chi connectivity index (χ2v) is 5.83. The number of amides is 2. The summed E-state index contributed by atoms with van der Waals surface area (Å²) in [6, 6.07) is 15.8. The fourth-order valence-electron chi connectivity index (χ4n) is 2.51. The zero-order valence-electron chi connectivity index (χ0n) is 15.4. The topological polar surface area (TPSA) is 105 Å². The predicted molar refractivity (Wildman–Crippen MR) is 107 cm³/mol. The predicted octanol–water partition coefficient (Wildman–Crippen LogP) is 3.44. The monoisotopic (exact) mass is 377 g/mol. The molecule has 0 aliphatic heterocycles. The second-order valence-electron chi connectivity index (χ2n) is 5.83. The van der Waals surface area contributed by atoms with Gasteiger partial charge in [0.2, 0.25) is 5.91 Å². The maximum Gasteiger partial charge on any atom is 0.274 e. The number of nitrogens with one attached hydrogen (secondary N) is 3. The Kier molecular flexibility index (Phi) is 5.81. The van der Waals surface area contributed by atoms with Crippen molar-refractivity contribution >= 4 is 34.7 Å². The van der Waals surface area contributed by atoms with E-state index in [1.807, 2.05) is 24.3 Å². The lowest BCUT2D eigenvalue weighted by molar-refractivity contribution is -0.114. The van der Waals surface area contributed by atoms with E-state index >= 15 is 0 Å². The molecule has 8 heteroatoms. The molecule has 142 valence electrons. The number of para-hydroxylation sites is 2. The molecular formula is C20H19N5O3. The number of rotatable bonds is 6. The van der Waals surface area contributed by atoms with Gasteiger partial charge in [-0.1, -0.05) is 18.2 Å². The van der Waals surface area contributed by atoms with Crippen LogP contribution in [0, 0.1) is 0 Å². The van der Waals surface area contributed by atoms with Crippen molar-refractivity contribution < 1.29 is 14.3 Å². The van der Waals surface area contributed by atoms with Crippen LogP contribution in [-0.2, 0) is 4.79 Å². The third-order valence-electron chi connectivity index (χ3n) is 3.71. The van der Waals surface area contributed by atoms with E-state index in [2.05, 4.69) is 25.9 Å². The first-order valence-electron chi connectivity index (χ1n) is 8.46. The Labute approximate surface area is 162 Å². The summed E-state index contributed by atoms with van der Waals surface area (Å²) in [5, 5.41) is 8.53. The van der Waals surface area contributed by atoms with Gasteiger partial charge in [0.1, 0.15) is 23.6 Å². The number of benzene rings is 2. The van der Waals surface area contributed by atoms with E-state index in [4.69, 9.17) is 4.74 Å². The van der Waals surface area contributed by atoms with Gasteiger partial charge in [0.15, 0.2) is 0 Å². The molecule has 0 aliphatic carbocycles. The number of hydrogen-bond donors (Lipinski definition) is 3. The fourth-order valence-corrected chi connectivity index (χ4v) is 2.51. The Morgan fingerprint density at radius 3 is 2.43 bits per heavy atom. The number of hydrogen-bond acceptors (Lipinski definition) is 6. The van der Waals surface area contributed by atoms with Crippen molar-refractivity contribution in [3.05, 3.63) is 66.6 Å². The highest BCUT2D eigenvalue weighted by molar-refractivity contribution is 6.03. The normalized spacial score (nSPS) is 10.1. The highest BCUT2D eigenvalue weighted by atomic mass is 16.5. The summed E-state index contributed by atoms with van der Waals surface area (Å²) in [4.78, 5) is 31.9. The largest absolute Gasteiger partial charge is 0.495 e. The molecule has 0 spiro atoms. The minimum absolute atomic E-state index is 0.189. The molecular weight excluding hydrogens is 358 g/mol. The zero-order valence-corrected chi connectivity index (χ0v) is 15.4. The lowest BCUT2D eigenvalue weighted by Gasteiger charge is -2.11. The quantitative estimate of drug-likeness (QED) is 0.608. The summed E-state index contributed by atoms with van der Waals surface area (Å²) in [6.45, 7) is 1.42. The molecule has 2 amide bonds. The maximum atomic E-state index is 12.5. The molecule has 1 aromatic heterocycles. The number of methoxy groups -OCH3 is 1. The van der Waals surface area contributed by atoms with Crippen LogP contribution in [-0.4, -0.2) is 28.9 Å². The van der Waals surface area contributed by atoms with Crippen molar-refractivity contribution in [3.63, 3.8) is 0 Å². The van der Waals surface area contributed by atoms with Crippen LogP contribution in [0.15, 0.2) is 60.9 Å². The summed E-state index contributed by atoms with van der Waals surface area (Å²) >= 11 is 0. The maximum absolute atomic E-state index is 12.5. The smallest absolute Gasteiger partial charge is 0.274 e. The van der Waals surface area contributed by atoms with E-state index in [9.17, 15) is 9.59 Å². The van der Waals surface area contributed by atoms with Crippen molar-refractivity contribution in [1.29, 1.82) is 0 Å². The lowest BCUT2D eigenvalue weighted by Crippen LogP contribution is -2.14. The average molecular weight is 377 g/mol. The molecule has 0 radical (unpaired) electrons. The highest BCUT2D eigenvalue weighted by Crippen LogP contribution is 2.26. The first kappa shape index (κ1) is 18.8. The van der Waals surface area contributed by atoms with Gasteiger partial charge in [0, 0.05) is 24.4 Å². The molecule has 1 heterocycles. The molecule has 0 aliphatic rings. The van der Waals surface area contributed by atoms with Gasteiger partial charge in [0.05, 0.1) is 12.8 Å². The SMILES string of the molecule is COc1ccccc1Nc1cc(C(=O)Nc2cccc(NC(C)=O)c2)ncn1. The van der Waals surface area contributed by atoms with E-state index < -0.39 is 5.91 Å². The van der Waals surface area contributed by atoms with Crippen molar-refractivity contribution in [3.8, 4) is 5.75 Å². The average Bonchev–Trinajstić information content (AvgIpc) is 2.68. The minimum atomic E-state index is -0.398. The molecule has 0 saturated heterocycles. The standard InChI is InChI=1S/C20H19N5O3/c1-13(26)23-14-6-5-7-15(10-14)24-20(27)17-11-19(22-12-21-17)25-16-8-3-4-9-18(16)28-2/h3-12H,1-2H3,(H,23,26)(H,24,27)(H,21,22,25). The Morgan fingerprint density at radius 2 is 1.68 bits per heavy atom. The molecule has 0 atom stereocenters. The summed E-state index contributed by atoms with van der Waals surface area (Å²) in [7, 11) is 1.58. The Bertz CT molecular complexity index is 1010. The van der Waals surface area contributed by atoms with Gasteiger partial charge in [0.25, 0.3) is 5.91 Å². The van der Waals surface area contributed by atoms with Crippen LogP contribution in [0.25, 0.3) is 0 Å². The van der Waals surface area contributed by atoms with Crippen molar-refractivity contribution in [2.75, 3.05) is 23.1 Å². The number of carbonyl (C=O) groups is 2. The summed E-state index contributed by atoms with van der Waals surface area (Å²) < 4.78 is 5.30. The summed E-state index contributed by atoms with van der Waals surface area (Å²) in [6.07, 6.45) is 1.31. The molecule has 0 bridgehead atoms. The van der Waals surface area contributed by atoms with Crippen LogP contribution < -0.4 is 20.7 Å². The van der Waals surface area contributed by atoms with Crippen LogP contribution in [0.3, 0.4) is 0 Å². The minimum Gasteiger partial charge on any atom is -0.495 e. The third-order valence-corrected chi connectivity index (χ3v) is 3.71. The Hall–Kier alpha value is -3.94.